The number of amides is 1. The highest BCUT2D eigenvalue weighted by Gasteiger charge is 2.49. The van der Waals surface area contributed by atoms with Gasteiger partial charge in [-0.25, -0.2) is 0 Å². The molecule has 3 aromatic rings. The van der Waals surface area contributed by atoms with E-state index < -0.39 is 17.7 Å². The zero-order chi connectivity index (χ0) is 25.3. The molecule has 1 aliphatic rings. The smallest absolute Gasteiger partial charge is 0.301 e. The molecule has 1 fully saturated rings. The number of Topliss-reactive ketones (excluding diaryl/α,β-unsaturated/α-hetero) is 1. The fourth-order valence-electron chi connectivity index (χ4n) is 4.00. The Balaban J connectivity index is 1.93. The first kappa shape index (κ1) is 23.9. The first-order valence-electron chi connectivity index (χ1n) is 11.0. The summed E-state index contributed by atoms with van der Waals surface area (Å²) in [6, 6.07) is 12.1. The Bertz CT molecular complexity index is 1290. The summed E-state index contributed by atoms with van der Waals surface area (Å²) in [6.45, 7) is 5.49. The number of ketones is 1. The van der Waals surface area contributed by atoms with Crippen molar-refractivity contribution in [3.63, 3.8) is 0 Å². The van der Waals surface area contributed by atoms with Crippen molar-refractivity contribution >= 4 is 23.3 Å². The lowest BCUT2D eigenvalue weighted by Gasteiger charge is -2.24. The number of anilines is 1. The Hall–Kier alpha value is -4.27. The van der Waals surface area contributed by atoms with Crippen molar-refractivity contribution in [2.24, 2.45) is 0 Å². The number of aryl methyl sites for hydroxylation is 1. The lowest BCUT2D eigenvalue weighted by molar-refractivity contribution is -0.132. The minimum absolute atomic E-state index is 0.0220. The molecule has 1 saturated heterocycles. The van der Waals surface area contributed by atoms with E-state index in [9.17, 15) is 14.7 Å². The van der Waals surface area contributed by atoms with Crippen molar-refractivity contribution in [1.82, 2.24) is 5.16 Å². The number of carbonyl (C=O) groups is 2. The van der Waals surface area contributed by atoms with E-state index in [1.165, 1.54) is 19.1 Å². The number of nitrogens with zero attached hydrogens (tertiary/aromatic N) is 2. The normalized spacial score (nSPS) is 17.2. The average Bonchev–Trinajstić information content (AvgIpc) is 3.38. The number of hydrogen-bond donors (Lipinski definition) is 1. The summed E-state index contributed by atoms with van der Waals surface area (Å²) in [5.41, 5.74) is 0.676. The lowest BCUT2D eigenvalue weighted by atomic mass is 9.94. The number of aliphatic hydroxyl groups is 1. The summed E-state index contributed by atoms with van der Waals surface area (Å²) in [6.07, 6.45) is -0.0220. The summed E-state index contributed by atoms with van der Waals surface area (Å²) in [4.78, 5) is 27.7. The molecule has 0 radical (unpaired) electrons. The molecule has 0 saturated carbocycles. The van der Waals surface area contributed by atoms with Gasteiger partial charge in [0.2, 0.25) is 0 Å². The molecular formula is C26H26N2O7. The van der Waals surface area contributed by atoms with Gasteiger partial charge in [0, 0.05) is 17.2 Å². The Morgan fingerprint density at radius 1 is 1.03 bits per heavy atom. The van der Waals surface area contributed by atoms with Crippen LogP contribution in [0.1, 0.15) is 36.8 Å². The largest absolute Gasteiger partial charge is 0.507 e. The predicted octanol–water partition coefficient (Wildman–Crippen LogP) is 4.41. The van der Waals surface area contributed by atoms with Crippen molar-refractivity contribution in [2.75, 3.05) is 19.1 Å². The minimum atomic E-state index is -1.05. The molecule has 0 unspecified atom stereocenters. The second-order valence-electron chi connectivity index (χ2n) is 8.26. The molecule has 0 bridgehead atoms. The summed E-state index contributed by atoms with van der Waals surface area (Å²) in [7, 11) is 2.98. The van der Waals surface area contributed by atoms with Gasteiger partial charge in [0.1, 0.15) is 34.8 Å². The van der Waals surface area contributed by atoms with E-state index in [2.05, 4.69) is 5.16 Å². The van der Waals surface area contributed by atoms with Gasteiger partial charge in [0.05, 0.1) is 25.9 Å². The Labute approximate surface area is 202 Å². The van der Waals surface area contributed by atoms with E-state index in [1.54, 1.807) is 55.5 Å². The molecule has 9 nitrogen and oxygen atoms in total. The van der Waals surface area contributed by atoms with Crippen LogP contribution in [0.5, 0.6) is 17.2 Å². The quantitative estimate of drug-likeness (QED) is 0.302. The second-order valence-corrected chi connectivity index (χ2v) is 8.26. The monoisotopic (exact) mass is 478 g/mol. The van der Waals surface area contributed by atoms with Crippen LogP contribution in [0.2, 0.25) is 0 Å². The number of methoxy groups -OCH3 is 2. The van der Waals surface area contributed by atoms with E-state index in [1.807, 2.05) is 13.8 Å². The number of rotatable bonds is 7. The summed E-state index contributed by atoms with van der Waals surface area (Å²) in [5.74, 6) is 0.0405. The van der Waals surface area contributed by atoms with Crippen LogP contribution in [-0.2, 0) is 9.59 Å². The maximum Gasteiger partial charge on any atom is 0.301 e. The van der Waals surface area contributed by atoms with E-state index in [0.717, 1.165) is 0 Å². The molecule has 1 amide bonds. The van der Waals surface area contributed by atoms with Crippen LogP contribution in [0.15, 0.2) is 58.6 Å². The third-order valence-corrected chi connectivity index (χ3v) is 5.54. The molecule has 1 atom stereocenters. The fraction of sp³-hybridized carbons (Fsp3) is 0.269. The molecule has 1 aliphatic heterocycles. The van der Waals surface area contributed by atoms with Gasteiger partial charge in [0.15, 0.2) is 5.82 Å². The number of carbonyl (C=O) groups excluding carboxylic acids is 2. The van der Waals surface area contributed by atoms with Gasteiger partial charge >= 0.3 is 5.91 Å². The molecule has 35 heavy (non-hydrogen) atoms. The first-order chi connectivity index (χ1) is 16.7. The van der Waals surface area contributed by atoms with E-state index in [0.29, 0.717) is 34.1 Å². The zero-order valence-electron chi connectivity index (χ0n) is 20.1. The first-order valence-corrected chi connectivity index (χ1v) is 11.0. The number of benzene rings is 2. The van der Waals surface area contributed by atoms with Gasteiger partial charge in [-0.15, -0.1) is 0 Å². The third-order valence-electron chi connectivity index (χ3n) is 5.54. The lowest BCUT2D eigenvalue weighted by Crippen LogP contribution is -2.30. The zero-order valence-corrected chi connectivity index (χ0v) is 20.1. The number of ether oxygens (including phenoxy) is 3. The highest BCUT2D eigenvalue weighted by molar-refractivity contribution is 6.51. The van der Waals surface area contributed by atoms with E-state index >= 15 is 0 Å². The van der Waals surface area contributed by atoms with Crippen LogP contribution in [-0.4, -0.2) is 42.3 Å². The third kappa shape index (κ3) is 4.44. The SMILES string of the molecule is COc1ccc(OC)c([C@H]2/C(=C(\O)c3ccc(OC(C)C)cc3)C(=O)C(=O)N2c2cc(C)on2)c1. The molecule has 2 heterocycles. The summed E-state index contributed by atoms with van der Waals surface area (Å²) < 4.78 is 21.7. The van der Waals surface area contributed by atoms with Gasteiger partial charge in [0.25, 0.3) is 5.78 Å². The Kier molecular flexibility index (Phi) is 6.50. The van der Waals surface area contributed by atoms with Crippen LogP contribution in [0, 0.1) is 6.92 Å². The van der Waals surface area contributed by atoms with Crippen molar-refractivity contribution in [1.29, 1.82) is 0 Å². The predicted molar refractivity (Wildman–Crippen MR) is 128 cm³/mol. The summed E-state index contributed by atoms with van der Waals surface area (Å²) >= 11 is 0. The molecule has 182 valence electrons. The Morgan fingerprint density at radius 3 is 2.29 bits per heavy atom. The summed E-state index contributed by atoms with van der Waals surface area (Å²) in [5, 5.41) is 15.2. The topological polar surface area (TPSA) is 111 Å². The molecule has 0 spiro atoms. The van der Waals surface area contributed by atoms with Gasteiger partial charge < -0.3 is 23.8 Å². The molecule has 4 rings (SSSR count). The van der Waals surface area contributed by atoms with Crippen LogP contribution >= 0.6 is 0 Å². The van der Waals surface area contributed by atoms with E-state index in [4.69, 9.17) is 18.7 Å². The maximum absolute atomic E-state index is 13.3. The molecule has 1 aromatic heterocycles. The highest BCUT2D eigenvalue weighted by atomic mass is 16.5. The van der Waals surface area contributed by atoms with Gasteiger partial charge in [-0.05, 0) is 63.2 Å². The molecule has 1 N–H and O–H groups in total. The van der Waals surface area contributed by atoms with Gasteiger partial charge in [-0.1, -0.05) is 5.16 Å². The van der Waals surface area contributed by atoms with Crippen LogP contribution in [0.4, 0.5) is 5.82 Å². The van der Waals surface area contributed by atoms with Crippen molar-refractivity contribution in [3.05, 3.63) is 71.0 Å². The van der Waals surface area contributed by atoms with E-state index in [-0.39, 0.29) is 23.3 Å². The Morgan fingerprint density at radius 2 is 1.71 bits per heavy atom. The molecule has 2 aromatic carbocycles. The number of hydrogen-bond acceptors (Lipinski definition) is 8. The fourth-order valence-corrected chi connectivity index (χ4v) is 4.00. The van der Waals surface area contributed by atoms with Crippen molar-refractivity contribution in [3.8, 4) is 17.2 Å². The van der Waals surface area contributed by atoms with Gasteiger partial charge in [-0.3, -0.25) is 14.5 Å². The number of aliphatic hydroxyl groups excluding tert-OH is 1. The minimum Gasteiger partial charge on any atom is -0.507 e. The standard InChI is InChI=1S/C26H26N2O7/c1-14(2)34-17-8-6-16(7-9-17)24(29)22-23(19-13-18(32-4)10-11-20(19)33-5)28(26(31)25(22)30)21-12-15(3)35-27-21/h6-14,23,29H,1-5H3/b24-22+/t23-/m0/s1. The van der Waals surface area contributed by atoms with Crippen LogP contribution < -0.4 is 19.1 Å². The van der Waals surface area contributed by atoms with Crippen molar-refractivity contribution < 1.29 is 33.4 Å². The average molecular weight is 479 g/mol. The second kappa shape index (κ2) is 9.54. The van der Waals surface area contributed by atoms with Gasteiger partial charge in [-0.2, -0.15) is 0 Å². The number of aromatic nitrogens is 1. The highest BCUT2D eigenvalue weighted by Crippen LogP contribution is 2.45. The van der Waals surface area contributed by atoms with Crippen molar-refractivity contribution in [2.45, 2.75) is 32.9 Å². The van der Waals surface area contributed by atoms with Crippen LogP contribution in [0.3, 0.4) is 0 Å². The van der Waals surface area contributed by atoms with Crippen LogP contribution in [0.25, 0.3) is 5.76 Å². The molecular weight excluding hydrogens is 452 g/mol. The maximum atomic E-state index is 13.3. The molecule has 9 heteroatoms. The molecule has 0 aliphatic carbocycles.